The fourth-order valence-corrected chi connectivity index (χ4v) is 5.70. The van der Waals surface area contributed by atoms with E-state index in [-0.39, 0.29) is 28.1 Å². The number of aromatic hydroxyl groups is 1. The SMILES string of the molecule is O=c1c(C2=NS(O)(O)c3ccccc3N2)c(O)c2cccnc2n1C1CCCCCC1. The highest BCUT2D eigenvalue weighted by Crippen LogP contribution is 2.55. The maximum Gasteiger partial charge on any atom is 0.267 e. The van der Waals surface area contributed by atoms with Crippen molar-refractivity contribution in [3.63, 3.8) is 0 Å². The summed E-state index contributed by atoms with van der Waals surface area (Å²) in [5, 5.41) is 14.5. The number of aromatic nitrogens is 2. The maximum atomic E-state index is 13.7. The molecular formula is C22H24N4O4S. The Balaban J connectivity index is 1.75. The highest BCUT2D eigenvalue weighted by molar-refractivity contribution is 8.23. The molecule has 9 heteroatoms. The lowest BCUT2D eigenvalue weighted by molar-refractivity contribution is 0.434. The van der Waals surface area contributed by atoms with Crippen molar-refractivity contribution in [2.24, 2.45) is 4.40 Å². The molecule has 4 N–H and O–H groups in total. The average Bonchev–Trinajstić information content (AvgIpc) is 3.03. The fourth-order valence-electron chi connectivity index (χ4n) is 4.54. The van der Waals surface area contributed by atoms with Gasteiger partial charge in [0.1, 0.15) is 21.9 Å². The Kier molecular flexibility index (Phi) is 4.96. The lowest BCUT2D eigenvalue weighted by Gasteiger charge is -2.34. The number of amidine groups is 1. The largest absolute Gasteiger partial charge is 0.506 e. The number of benzene rings is 1. The number of nitrogens with zero attached hydrogens (tertiary/aromatic N) is 3. The van der Waals surface area contributed by atoms with Gasteiger partial charge in [0, 0.05) is 12.2 Å². The first-order valence-electron chi connectivity index (χ1n) is 10.4. The fraction of sp³-hybridized carbons (Fsp3) is 0.318. The number of nitrogens with one attached hydrogen (secondary N) is 1. The summed E-state index contributed by atoms with van der Waals surface area (Å²) in [5.41, 5.74) is 0.373. The van der Waals surface area contributed by atoms with Crippen molar-refractivity contribution in [2.75, 3.05) is 5.32 Å². The summed E-state index contributed by atoms with van der Waals surface area (Å²) >= 11 is 0. The number of para-hydroxylation sites is 1. The molecule has 1 fully saturated rings. The van der Waals surface area contributed by atoms with Crippen LogP contribution in [0.1, 0.15) is 50.1 Å². The Bertz CT molecular complexity index is 1250. The zero-order valence-electron chi connectivity index (χ0n) is 16.9. The van der Waals surface area contributed by atoms with Crippen LogP contribution in [0.15, 0.2) is 56.7 Å². The van der Waals surface area contributed by atoms with Gasteiger partial charge in [-0.25, -0.2) is 4.98 Å². The van der Waals surface area contributed by atoms with Gasteiger partial charge in [0.15, 0.2) is 5.84 Å². The molecule has 0 atom stereocenters. The van der Waals surface area contributed by atoms with Gasteiger partial charge in [0.2, 0.25) is 0 Å². The molecule has 2 aliphatic rings. The van der Waals surface area contributed by atoms with E-state index >= 15 is 0 Å². The minimum Gasteiger partial charge on any atom is -0.506 e. The Morgan fingerprint density at radius 2 is 1.77 bits per heavy atom. The number of pyridine rings is 2. The lowest BCUT2D eigenvalue weighted by atomic mass is 10.1. The number of hydrogen-bond donors (Lipinski definition) is 4. The highest BCUT2D eigenvalue weighted by Gasteiger charge is 2.31. The van der Waals surface area contributed by atoms with E-state index in [2.05, 4.69) is 14.7 Å². The average molecular weight is 441 g/mol. The van der Waals surface area contributed by atoms with Gasteiger partial charge in [-0.05, 0) is 37.1 Å². The van der Waals surface area contributed by atoms with Crippen LogP contribution in [0.3, 0.4) is 0 Å². The van der Waals surface area contributed by atoms with Crippen LogP contribution < -0.4 is 10.9 Å². The van der Waals surface area contributed by atoms with E-state index in [0.717, 1.165) is 38.5 Å². The van der Waals surface area contributed by atoms with Crippen LogP contribution in [0, 0.1) is 0 Å². The predicted molar refractivity (Wildman–Crippen MR) is 122 cm³/mol. The van der Waals surface area contributed by atoms with Crippen LogP contribution >= 0.6 is 10.8 Å². The topological polar surface area (TPSA) is 120 Å². The van der Waals surface area contributed by atoms with Crippen molar-refractivity contribution in [1.29, 1.82) is 0 Å². The Labute approximate surface area is 180 Å². The van der Waals surface area contributed by atoms with E-state index < -0.39 is 16.3 Å². The third kappa shape index (κ3) is 3.38. The summed E-state index contributed by atoms with van der Waals surface area (Å²) in [6, 6.07) is 10.1. The van der Waals surface area contributed by atoms with Crippen LogP contribution in [0.5, 0.6) is 5.75 Å². The summed E-state index contributed by atoms with van der Waals surface area (Å²) in [6.07, 6.45) is 7.63. The minimum atomic E-state index is -3.52. The standard InChI is InChI=1S/C22H24N4O4S/c27-19-15-10-7-13-23-21(15)26(14-8-3-1-2-4-9-14)22(28)18(19)20-24-16-11-5-6-12-17(16)31(29,30)25-20/h5-7,10-14,27,29-30H,1-4,8-9H2,(H,24,25). The van der Waals surface area contributed by atoms with Gasteiger partial charge >= 0.3 is 0 Å². The van der Waals surface area contributed by atoms with Crippen molar-refractivity contribution in [3.8, 4) is 5.75 Å². The first-order chi connectivity index (χ1) is 15.0. The van der Waals surface area contributed by atoms with E-state index in [1.807, 2.05) is 0 Å². The third-order valence-electron chi connectivity index (χ3n) is 6.02. The highest BCUT2D eigenvalue weighted by atomic mass is 32.3. The van der Waals surface area contributed by atoms with Crippen molar-refractivity contribution >= 4 is 33.3 Å². The molecule has 0 saturated heterocycles. The molecule has 3 aromatic rings. The van der Waals surface area contributed by atoms with Gasteiger partial charge in [-0.2, -0.15) is 0 Å². The van der Waals surface area contributed by atoms with Crippen LogP contribution in [0.25, 0.3) is 11.0 Å². The molecule has 1 saturated carbocycles. The molecule has 0 bridgehead atoms. The maximum absolute atomic E-state index is 13.7. The van der Waals surface area contributed by atoms with Crippen molar-refractivity contribution < 1.29 is 14.2 Å². The van der Waals surface area contributed by atoms with Crippen molar-refractivity contribution in [2.45, 2.75) is 49.5 Å². The Hall–Kier alpha value is -2.88. The van der Waals surface area contributed by atoms with E-state index in [1.54, 1.807) is 47.2 Å². The van der Waals surface area contributed by atoms with Gasteiger partial charge in [-0.15, -0.1) is 4.40 Å². The van der Waals surface area contributed by atoms with E-state index in [1.165, 1.54) is 0 Å². The van der Waals surface area contributed by atoms with Crippen LogP contribution in [0.4, 0.5) is 5.69 Å². The molecule has 5 rings (SSSR count). The molecule has 1 aliphatic heterocycles. The number of hydrogen-bond acceptors (Lipinski definition) is 7. The van der Waals surface area contributed by atoms with Gasteiger partial charge in [-0.3, -0.25) is 18.5 Å². The zero-order chi connectivity index (χ0) is 21.6. The van der Waals surface area contributed by atoms with Gasteiger partial charge in [0.25, 0.3) is 5.56 Å². The summed E-state index contributed by atoms with van der Waals surface area (Å²) in [5.74, 6) is -0.312. The smallest absolute Gasteiger partial charge is 0.267 e. The Morgan fingerprint density at radius 3 is 2.55 bits per heavy atom. The minimum absolute atomic E-state index is 0.0383. The van der Waals surface area contributed by atoms with E-state index in [0.29, 0.717) is 16.7 Å². The first-order valence-corrected chi connectivity index (χ1v) is 11.9. The molecule has 8 nitrogen and oxygen atoms in total. The third-order valence-corrected chi connectivity index (χ3v) is 7.40. The van der Waals surface area contributed by atoms with E-state index in [9.17, 15) is 19.0 Å². The molecule has 162 valence electrons. The summed E-state index contributed by atoms with van der Waals surface area (Å²) in [4.78, 5) is 18.4. The van der Waals surface area contributed by atoms with Crippen molar-refractivity contribution in [1.82, 2.24) is 9.55 Å². The van der Waals surface area contributed by atoms with Crippen LogP contribution in [0.2, 0.25) is 0 Å². The molecule has 3 heterocycles. The van der Waals surface area contributed by atoms with Gasteiger partial charge in [0.05, 0.1) is 11.1 Å². The number of rotatable bonds is 2. The number of anilines is 1. The zero-order valence-corrected chi connectivity index (χ0v) is 17.7. The second kappa shape index (κ2) is 7.67. The molecule has 0 amide bonds. The second-order valence-corrected chi connectivity index (χ2v) is 9.66. The number of fused-ring (bicyclic) bond motifs is 2. The molecule has 0 unspecified atom stereocenters. The van der Waals surface area contributed by atoms with E-state index in [4.69, 9.17) is 0 Å². The molecule has 1 aromatic carbocycles. The normalized spacial score (nSPS) is 19.7. The Morgan fingerprint density at radius 1 is 1.03 bits per heavy atom. The van der Waals surface area contributed by atoms with Crippen LogP contribution in [-0.2, 0) is 0 Å². The molecule has 2 aromatic heterocycles. The van der Waals surface area contributed by atoms with Gasteiger partial charge < -0.3 is 10.4 Å². The monoisotopic (exact) mass is 440 g/mol. The summed E-state index contributed by atoms with van der Waals surface area (Å²) in [7, 11) is -3.52. The lowest BCUT2D eigenvalue weighted by Crippen LogP contribution is -2.34. The predicted octanol–water partition coefficient (Wildman–Crippen LogP) is 4.89. The molecule has 31 heavy (non-hydrogen) atoms. The summed E-state index contributed by atoms with van der Waals surface area (Å²) < 4.78 is 27.0. The van der Waals surface area contributed by atoms with Crippen LogP contribution in [-0.4, -0.2) is 29.6 Å². The first kappa shape index (κ1) is 20.0. The molecule has 1 aliphatic carbocycles. The molecule has 0 radical (unpaired) electrons. The summed E-state index contributed by atoms with van der Waals surface area (Å²) in [6.45, 7) is 0. The molecular weight excluding hydrogens is 416 g/mol. The quantitative estimate of drug-likeness (QED) is 0.421. The molecule has 0 spiro atoms. The van der Waals surface area contributed by atoms with Gasteiger partial charge in [-0.1, -0.05) is 48.6 Å². The van der Waals surface area contributed by atoms with Crippen molar-refractivity contribution in [3.05, 3.63) is 58.5 Å². The second-order valence-electron chi connectivity index (χ2n) is 8.00.